The fourth-order valence-corrected chi connectivity index (χ4v) is 1.59. The highest BCUT2D eigenvalue weighted by molar-refractivity contribution is 5.91. The van der Waals surface area contributed by atoms with Gasteiger partial charge in [0.25, 0.3) is 0 Å². The van der Waals surface area contributed by atoms with Gasteiger partial charge in [0.2, 0.25) is 11.8 Å². The van der Waals surface area contributed by atoms with E-state index < -0.39 is 5.97 Å². The first-order valence-corrected chi connectivity index (χ1v) is 5.69. The van der Waals surface area contributed by atoms with Crippen LogP contribution < -0.4 is 14.8 Å². The Hall–Kier alpha value is -2.83. The summed E-state index contributed by atoms with van der Waals surface area (Å²) in [5.74, 6) is -0.0254. The van der Waals surface area contributed by atoms with Crippen LogP contribution in [-0.2, 0) is 0 Å². The first kappa shape index (κ1) is 13.6. The van der Waals surface area contributed by atoms with Crippen molar-refractivity contribution in [1.29, 1.82) is 0 Å². The Morgan fingerprint density at radius 3 is 2.70 bits per heavy atom. The molecule has 20 heavy (non-hydrogen) atoms. The molecule has 0 aliphatic heterocycles. The molecule has 1 aromatic carbocycles. The number of hydrogen-bond acceptors (Lipinski definition) is 6. The molecule has 7 heteroatoms. The number of benzene rings is 1. The molecule has 0 aliphatic carbocycles. The van der Waals surface area contributed by atoms with Crippen LogP contribution in [0, 0.1) is 0 Å². The molecular formula is C13H13N3O4. The predicted octanol–water partition coefficient (Wildman–Crippen LogP) is 1.94. The molecule has 0 bridgehead atoms. The van der Waals surface area contributed by atoms with Gasteiger partial charge in [0.15, 0.2) is 0 Å². The number of nitrogens with zero attached hydrogens (tertiary/aromatic N) is 2. The fraction of sp³-hybridized carbons (Fsp3) is 0.154. The number of carbonyl (C=O) groups is 1. The van der Waals surface area contributed by atoms with Gasteiger partial charge < -0.3 is 19.9 Å². The van der Waals surface area contributed by atoms with Crippen molar-refractivity contribution in [3.63, 3.8) is 0 Å². The molecule has 1 aromatic heterocycles. The monoisotopic (exact) mass is 275 g/mol. The highest BCUT2D eigenvalue weighted by Crippen LogP contribution is 2.25. The molecule has 0 saturated heterocycles. The average Bonchev–Trinajstić information content (AvgIpc) is 2.47. The zero-order valence-corrected chi connectivity index (χ0v) is 11.0. The number of aromatic nitrogens is 2. The van der Waals surface area contributed by atoms with Gasteiger partial charge in [0.1, 0.15) is 11.3 Å². The van der Waals surface area contributed by atoms with Crippen LogP contribution in [0.2, 0.25) is 0 Å². The van der Waals surface area contributed by atoms with Gasteiger partial charge in [-0.15, -0.1) is 0 Å². The number of carboxylic acids is 1. The molecule has 0 fully saturated rings. The van der Waals surface area contributed by atoms with Crippen molar-refractivity contribution in [2.75, 3.05) is 19.5 Å². The Balaban J connectivity index is 2.27. The summed E-state index contributed by atoms with van der Waals surface area (Å²) < 4.78 is 10.0. The number of hydrogen-bond donors (Lipinski definition) is 2. The van der Waals surface area contributed by atoms with Gasteiger partial charge in [-0.3, -0.25) is 0 Å². The molecule has 2 rings (SSSR count). The summed E-state index contributed by atoms with van der Waals surface area (Å²) in [6.07, 6.45) is 1.55. The van der Waals surface area contributed by atoms with Crippen LogP contribution in [0.5, 0.6) is 11.6 Å². The Kier molecular flexibility index (Phi) is 3.99. The molecule has 0 unspecified atom stereocenters. The van der Waals surface area contributed by atoms with Crippen LogP contribution in [-0.4, -0.2) is 35.3 Å². The maximum absolute atomic E-state index is 11.0. The average molecular weight is 275 g/mol. The molecule has 0 saturated carbocycles. The molecule has 2 N–H and O–H groups in total. The number of methoxy groups -OCH3 is 2. The van der Waals surface area contributed by atoms with Gasteiger partial charge in [-0.05, 0) is 12.1 Å². The van der Waals surface area contributed by atoms with Crippen molar-refractivity contribution in [2.24, 2.45) is 0 Å². The normalized spacial score (nSPS) is 9.90. The number of carboxylic acid groups (broad SMARTS) is 1. The predicted molar refractivity (Wildman–Crippen MR) is 71.8 cm³/mol. The van der Waals surface area contributed by atoms with Crippen molar-refractivity contribution < 1.29 is 19.4 Å². The number of ether oxygens (including phenoxy) is 2. The largest absolute Gasteiger partial charge is 0.496 e. The third-order valence-electron chi connectivity index (χ3n) is 2.53. The standard InChI is InChI=1S/C13H13N3O4/c1-19-10-7-8(3-4-9(10)12(17)18)15-13-14-6-5-11(16-13)20-2/h3-7H,1-2H3,(H,17,18)(H,14,15,16). The highest BCUT2D eigenvalue weighted by Gasteiger charge is 2.11. The molecule has 1 heterocycles. The number of anilines is 2. The van der Waals surface area contributed by atoms with Crippen molar-refractivity contribution in [1.82, 2.24) is 9.97 Å². The van der Waals surface area contributed by atoms with E-state index in [-0.39, 0.29) is 11.3 Å². The van der Waals surface area contributed by atoms with Gasteiger partial charge in [-0.25, -0.2) is 9.78 Å². The smallest absolute Gasteiger partial charge is 0.339 e. The fourth-order valence-electron chi connectivity index (χ4n) is 1.59. The van der Waals surface area contributed by atoms with E-state index >= 15 is 0 Å². The van der Waals surface area contributed by atoms with Crippen LogP contribution in [0.15, 0.2) is 30.5 Å². The Bertz CT molecular complexity index is 631. The van der Waals surface area contributed by atoms with E-state index in [1.807, 2.05) is 0 Å². The molecule has 0 radical (unpaired) electrons. The zero-order chi connectivity index (χ0) is 14.5. The lowest BCUT2D eigenvalue weighted by Crippen LogP contribution is -2.02. The van der Waals surface area contributed by atoms with Crippen LogP contribution in [0.1, 0.15) is 10.4 Å². The van der Waals surface area contributed by atoms with Crippen LogP contribution in [0.3, 0.4) is 0 Å². The summed E-state index contributed by atoms with van der Waals surface area (Å²) in [6, 6.07) is 6.24. The van der Waals surface area contributed by atoms with Crippen LogP contribution >= 0.6 is 0 Å². The molecule has 0 atom stereocenters. The minimum Gasteiger partial charge on any atom is -0.496 e. The van der Waals surface area contributed by atoms with E-state index in [0.717, 1.165) is 0 Å². The molecule has 0 amide bonds. The Labute approximate surface area is 115 Å². The van der Waals surface area contributed by atoms with E-state index in [2.05, 4.69) is 15.3 Å². The summed E-state index contributed by atoms with van der Waals surface area (Å²) in [5.41, 5.74) is 0.699. The van der Waals surface area contributed by atoms with E-state index in [4.69, 9.17) is 14.6 Å². The van der Waals surface area contributed by atoms with Crippen molar-refractivity contribution in [2.45, 2.75) is 0 Å². The van der Waals surface area contributed by atoms with Crippen molar-refractivity contribution in [3.05, 3.63) is 36.0 Å². The minimum absolute atomic E-state index is 0.0876. The van der Waals surface area contributed by atoms with Gasteiger partial charge in [0, 0.05) is 24.0 Å². The maximum Gasteiger partial charge on any atom is 0.339 e. The molecule has 0 aliphatic rings. The van der Waals surface area contributed by atoms with Gasteiger partial charge >= 0.3 is 5.97 Å². The molecular weight excluding hydrogens is 262 g/mol. The summed E-state index contributed by atoms with van der Waals surface area (Å²) in [6.45, 7) is 0. The Morgan fingerprint density at radius 2 is 2.05 bits per heavy atom. The summed E-state index contributed by atoms with van der Waals surface area (Å²) in [4.78, 5) is 19.1. The highest BCUT2D eigenvalue weighted by atomic mass is 16.5. The summed E-state index contributed by atoms with van der Waals surface area (Å²) in [7, 11) is 2.92. The Morgan fingerprint density at radius 1 is 1.25 bits per heavy atom. The van der Waals surface area contributed by atoms with Crippen molar-refractivity contribution >= 4 is 17.6 Å². The molecule has 7 nitrogen and oxygen atoms in total. The number of rotatable bonds is 5. The number of aromatic carboxylic acids is 1. The quantitative estimate of drug-likeness (QED) is 0.861. The zero-order valence-electron chi connectivity index (χ0n) is 11.0. The lowest BCUT2D eigenvalue weighted by atomic mass is 10.2. The second kappa shape index (κ2) is 5.87. The van der Waals surface area contributed by atoms with Gasteiger partial charge in [-0.1, -0.05) is 0 Å². The van der Waals surface area contributed by atoms with Crippen LogP contribution in [0.4, 0.5) is 11.6 Å². The van der Waals surface area contributed by atoms with E-state index in [1.54, 1.807) is 24.4 Å². The SMILES string of the molecule is COc1ccnc(Nc2ccc(C(=O)O)c(OC)c2)n1. The summed E-state index contributed by atoms with van der Waals surface area (Å²) >= 11 is 0. The second-order valence-electron chi connectivity index (χ2n) is 3.77. The lowest BCUT2D eigenvalue weighted by molar-refractivity contribution is 0.0693. The van der Waals surface area contributed by atoms with Gasteiger partial charge in [0.05, 0.1) is 14.2 Å². The molecule has 104 valence electrons. The van der Waals surface area contributed by atoms with Crippen molar-refractivity contribution in [3.8, 4) is 11.6 Å². The maximum atomic E-state index is 11.0. The molecule has 2 aromatic rings. The lowest BCUT2D eigenvalue weighted by Gasteiger charge is -2.09. The van der Waals surface area contributed by atoms with Gasteiger partial charge in [-0.2, -0.15) is 4.98 Å². The minimum atomic E-state index is -1.05. The van der Waals surface area contributed by atoms with Crippen LogP contribution in [0.25, 0.3) is 0 Å². The van der Waals surface area contributed by atoms with E-state index in [1.165, 1.54) is 20.3 Å². The number of nitrogens with one attached hydrogen (secondary N) is 1. The third-order valence-corrected chi connectivity index (χ3v) is 2.53. The summed E-state index contributed by atoms with van der Waals surface area (Å²) in [5, 5.41) is 11.9. The first-order valence-electron chi connectivity index (χ1n) is 5.69. The van der Waals surface area contributed by atoms with E-state index in [0.29, 0.717) is 17.5 Å². The topological polar surface area (TPSA) is 93.6 Å². The van der Waals surface area contributed by atoms with E-state index in [9.17, 15) is 4.79 Å². The first-order chi connectivity index (χ1) is 9.63. The molecule has 0 spiro atoms. The third kappa shape index (κ3) is 2.94. The second-order valence-corrected chi connectivity index (χ2v) is 3.77.